The summed E-state index contributed by atoms with van der Waals surface area (Å²) in [4.78, 5) is 10.5. The molecule has 1 aromatic carbocycles. The molecule has 0 radical (unpaired) electrons. The van der Waals surface area contributed by atoms with Crippen molar-refractivity contribution in [2.75, 3.05) is 6.54 Å². The Kier molecular flexibility index (Phi) is 4.24. The van der Waals surface area contributed by atoms with E-state index in [1.807, 2.05) is 6.92 Å². The van der Waals surface area contributed by atoms with E-state index in [1.54, 1.807) is 18.2 Å². The van der Waals surface area contributed by atoms with Crippen LogP contribution in [0.3, 0.4) is 0 Å². The van der Waals surface area contributed by atoms with Gasteiger partial charge < -0.3 is 11.1 Å². The minimum absolute atomic E-state index is 0.0226. The smallest absolute Gasteiger partial charge is 0.231 e. The molecule has 0 saturated heterocycles. The van der Waals surface area contributed by atoms with Crippen LogP contribution in [0.1, 0.15) is 12.5 Å². The molecule has 0 saturated carbocycles. The molecule has 0 bridgehead atoms. The van der Waals surface area contributed by atoms with Gasteiger partial charge in [0.1, 0.15) is 5.82 Å². The van der Waals surface area contributed by atoms with Crippen LogP contribution < -0.4 is 11.1 Å². The van der Waals surface area contributed by atoms with Gasteiger partial charge in [0.15, 0.2) is 0 Å². The van der Waals surface area contributed by atoms with E-state index < -0.39 is 5.91 Å². The molecule has 0 aliphatic heterocycles. The van der Waals surface area contributed by atoms with E-state index in [4.69, 9.17) is 5.73 Å². The SMILES string of the molecule is CC(Cc1ccccc1F)NCC(N)=O. The lowest BCUT2D eigenvalue weighted by molar-refractivity contribution is -0.117. The number of halogens is 1. The number of rotatable bonds is 5. The molecule has 0 aliphatic rings. The Balaban J connectivity index is 2.47. The number of primary amides is 1. The van der Waals surface area contributed by atoms with Crippen molar-refractivity contribution < 1.29 is 9.18 Å². The van der Waals surface area contributed by atoms with Gasteiger partial charge in [-0.3, -0.25) is 4.79 Å². The van der Waals surface area contributed by atoms with Crippen molar-refractivity contribution in [1.82, 2.24) is 5.32 Å². The summed E-state index contributed by atoms with van der Waals surface area (Å²) in [5.41, 5.74) is 5.63. The second-order valence-corrected chi connectivity index (χ2v) is 3.54. The van der Waals surface area contributed by atoms with Crippen LogP contribution in [-0.2, 0) is 11.2 Å². The Morgan fingerprint density at radius 3 is 2.80 bits per heavy atom. The molecular formula is C11H15FN2O. The van der Waals surface area contributed by atoms with Crippen molar-refractivity contribution in [3.05, 3.63) is 35.6 Å². The number of carbonyl (C=O) groups excluding carboxylic acids is 1. The second-order valence-electron chi connectivity index (χ2n) is 3.54. The number of benzene rings is 1. The highest BCUT2D eigenvalue weighted by atomic mass is 19.1. The van der Waals surface area contributed by atoms with Gasteiger partial charge in [0.25, 0.3) is 0 Å². The summed E-state index contributed by atoms with van der Waals surface area (Å²) in [6, 6.07) is 6.63. The van der Waals surface area contributed by atoms with E-state index in [0.717, 1.165) is 0 Å². The molecule has 0 spiro atoms. The molecule has 0 aliphatic carbocycles. The van der Waals surface area contributed by atoms with Crippen LogP contribution in [0.25, 0.3) is 0 Å². The van der Waals surface area contributed by atoms with Crippen LogP contribution in [0.15, 0.2) is 24.3 Å². The highest BCUT2D eigenvalue weighted by Gasteiger charge is 2.07. The van der Waals surface area contributed by atoms with Gasteiger partial charge in [-0.25, -0.2) is 4.39 Å². The molecule has 1 aromatic rings. The molecule has 15 heavy (non-hydrogen) atoms. The fourth-order valence-electron chi connectivity index (χ4n) is 1.34. The molecule has 0 heterocycles. The van der Waals surface area contributed by atoms with Gasteiger partial charge in [-0.15, -0.1) is 0 Å². The first-order valence-electron chi connectivity index (χ1n) is 4.84. The minimum atomic E-state index is -0.407. The first-order valence-corrected chi connectivity index (χ1v) is 4.84. The standard InChI is InChI=1S/C11H15FN2O/c1-8(14-7-11(13)15)6-9-4-2-3-5-10(9)12/h2-5,8,14H,6-7H2,1H3,(H2,13,15). The summed E-state index contributed by atoms with van der Waals surface area (Å²) in [5.74, 6) is -0.624. The molecule has 82 valence electrons. The molecule has 1 unspecified atom stereocenters. The minimum Gasteiger partial charge on any atom is -0.369 e. The van der Waals surface area contributed by atoms with E-state index in [0.29, 0.717) is 12.0 Å². The van der Waals surface area contributed by atoms with Gasteiger partial charge in [0, 0.05) is 6.04 Å². The van der Waals surface area contributed by atoms with Gasteiger partial charge >= 0.3 is 0 Å². The van der Waals surface area contributed by atoms with E-state index in [2.05, 4.69) is 5.32 Å². The van der Waals surface area contributed by atoms with Crippen LogP contribution in [0.5, 0.6) is 0 Å². The van der Waals surface area contributed by atoms with Crippen LogP contribution in [0.2, 0.25) is 0 Å². The normalized spacial score (nSPS) is 12.4. The Morgan fingerprint density at radius 1 is 1.53 bits per heavy atom. The van der Waals surface area contributed by atoms with Gasteiger partial charge in [-0.1, -0.05) is 18.2 Å². The highest BCUT2D eigenvalue weighted by Crippen LogP contribution is 2.08. The molecule has 4 heteroatoms. The van der Waals surface area contributed by atoms with E-state index in [-0.39, 0.29) is 18.4 Å². The largest absolute Gasteiger partial charge is 0.369 e. The summed E-state index contributed by atoms with van der Waals surface area (Å²) in [6.45, 7) is 2.00. The van der Waals surface area contributed by atoms with Crippen LogP contribution in [0, 0.1) is 5.82 Å². The fraction of sp³-hybridized carbons (Fsp3) is 0.364. The third kappa shape index (κ3) is 4.08. The van der Waals surface area contributed by atoms with Gasteiger partial charge in [0.05, 0.1) is 6.54 Å². The summed E-state index contributed by atoms with van der Waals surface area (Å²) in [5, 5.41) is 2.92. The maximum atomic E-state index is 13.2. The first-order chi connectivity index (χ1) is 7.09. The van der Waals surface area contributed by atoms with Crippen molar-refractivity contribution in [3.8, 4) is 0 Å². The maximum absolute atomic E-state index is 13.2. The molecule has 0 aromatic heterocycles. The lowest BCUT2D eigenvalue weighted by Gasteiger charge is -2.12. The third-order valence-corrected chi connectivity index (χ3v) is 2.11. The van der Waals surface area contributed by atoms with Crippen LogP contribution in [-0.4, -0.2) is 18.5 Å². The van der Waals surface area contributed by atoms with Gasteiger partial charge in [0.2, 0.25) is 5.91 Å². The number of carbonyl (C=O) groups is 1. The average Bonchev–Trinajstić information content (AvgIpc) is 2.18. The molecule has 1 rings (SSSR count). The zero-order valence-corrected chi connectivity index (χ0v) is 8.66. The van der Waals surface area contributed by atoms with E-state index >= 15 is 0 Å². The average molecular weight is 210 g/mol. The van der Waals surface area contributed by atoms with Crippen molar-refractivity contribution in [3.63, 3.8) is 0 Å². The number of amides is 1. The van der Waals surface area contributed by atoms with E-state index in [1.165, 1.54) is 6.07 Å². The molecular weight excluding hydrogens is 195 g/mol. The van der Waals surface area contributed by atoms with Crippen molar-refractivity contribution in [1.29, 1.82) is 0 Å². The summed E-state index contributed by atoms with van der Waals surface area (Å²) >= 11 is 0. The number of hydrogen-bond donors (Lipinski definition) is 2. The Morgan fingerprint density at radius 2 is 2.20 bits per heavy atom. The third-order valence-electron chi connectivity index (χ3n) is 2.11. The Bertz CT molecular complexity index is 341. The summed E-state index contributed by atoms with van der Waals surface area (Å²) in [7, 11) is 0. The topological polar surface area (TPSA) is 55.1 Å². The molecule has 3 N–H and O–H groups in total. The van der Waals surface area contributed by atoms with Crippen molar-refractivity contribution in [2.24, 2.45) is 5.73 Å². The van der Waals surface area contributed by atoms with E-state index in [9.17, 15) is 9.18 Å². The zero-order valence-electron chi connectivity index (χ0n) is 8.66. The van der Waals surface area contributed by atoms with Crippen molar-refractivity contribution in [2.45, 2.75) is 19.4 Å². The highest BCUT2D eigenvalue weighted by molar-refractivity contribution is 5.75. The number of nitrogens with one attached hydrogen (secondary N) is 1. The van der Waals surface area contributed by atoms with Crippen LogP contribution >= 0.6 is 0 Å². The Labute approximate surface area is 88.5 Å². The molecule has 1 atom stereocenters. The van der Waals surface area contributed by atoms with Crippen LogP contribution in [0.4, 0.5) is 4.39 Å². The molecule has 1 amide bonds. The monoisotopic (exact) mass is 210 g/mol. The lowest BCUT2D eigenvalue weighted by atomic mass is 10.1. The predicted molar refractivity (Wildman–Crippen MR) is 56.8 cm³/mol. The predicted octanol–water partition coefficient (Wildman–Crippen LogP) is 0.832. The molecule has 0 fully saturated rings. The van der Waals surface area contributed by atoms with Gasteiger partial charge in [-0.2, -0.15) is 0 Å². The molecule has 3 nitrogen and oxygen atoms in total. The number of hydrogen-bond acceptors (Lipinski definition) is 2. The van der Waals surface area contributed by atoms with Crippen molar-refractivity contribution >= 4 is 5.91 Å². The second kappa shape index (κ2) is 5.46. The first kappa shape index (κ1) is 11.7. The maximum Gasteiger partial charge on any atom is 0.231 e. The lowest BCUT2D eigenvalue weighted by Crippen LogP contribution is -2.36. The zero-order chi connectivity index (χ0) is 11.3. The summed E-state index contributed by atoms with van der Waals surface area (Å²) < 4.78 is 13.2. The summed E-state index contributed by atoms with van der Waals surface area (Å²) in [6.07, 6.45) is 0.542. The van der Waals surface area contributed by atoms with Gasteiger partial charge in [-0.05, 0) is 25.0 Å². The Hall–Kier alpha value is -1.42. The number of nitrogens with two attached hydrogens (primary N) is 1. The quantitative estimate of drug-likeness (QED) is 0.756. The fourth-order valence-corrected chi connectivity index (χ4v) is 1.34.